The molecule has 3 rings (SSSR count). The summed E-state index contributed by atoms with van der Waals surface area (Å²) < 4.78 is 15.3. The number of rotatable bonds is 2. The molecule has 0 fully saturated rings. The van der Waals surface area contributed by atoms with E-state index in [9.17, 15) is 9.18 Å². The largest absolute Gasteiger partial charge is 0.298 e. The van der Waals surface area contributed by atoms with Crippen molar-refractivity contribution in [2.75, 3.05) is 0 Å². The molecule has 0 spiro atoms. The van der Waals surface area contributed by atoms with Crippen LogP contribution in [0.2, 0.25) is 0 Å². The number of hydrogen-bond acceptors (Lipinski definition) is 2. The Kier molecular flexibility index (Phi) is 3.80. The van der Waals surface area contributed by atoms with Crippen molar-refractivity contribution in [1.29, 1.82) is 0 Å². The molecule has 0 saturated carbocycles. The summed E-state index contributed by atoms with van der Waals surface area (Å²) in [6.07, 6.45) is 4.19. The molecule has 0 atom stereocenters. The SMILES string of the molecule is O=Cc1ccc(-n2cccn2)c(C#Cc2ccccc2F)c1. The van der Waals surface area contributed by atoms with Crippen LogP contribution in [0.5, 0.6) is 0 Å². The number of carbonyl (C=O) groups excluding carboxylic acids is 1. The Morgan fingerprint density at radius 1 is 1.05 bits per heavy atom. The molecular formula is C18H11FN2O. The minimum Gasteiger partial charge on any atom is -0.298 e. The van der Waals surface area contributed by atoms with Gasteiger partial charge in [0.1, 0.15) is 12.1 Å². The van der Waals surface area contributed by atoms with E-state index in [4.69, 9.17) is 0 Å². The molecule has 2 aromatic carbocycles. The number of benzene rings is 2. The van der Waals surface area contributed by atoms with Gasteiger partial charge in [-0.1, -0.05) is 24.0 Å². The Morgan fingerprint density at radius 3 is 2.59 bits per heavy atom. The predicted molar refractivity (Wildman–Crippen MR) is 81.3 cm³/mol. The summed E-state index contributed by atoms with van der Waals surface area (Å²) in [5.74, 6) is 5.35. The van der Waals surface area contributed by atoms with Crippen LogP contribution < -0.4 is 0 Å². The van der Waals surface area contributed by atoms with E-state index in [1.807, 2.05) is 0 Å². The van der Waals surface area contributed by atoms with E-state index >= 15 is 0 Å². The normalized spacial score (nSPS) is 9.86. The molecule has 3 nitrogen and oxygen atoms in total. The lowest BCUT2D eigenvalue weighted by Gasteiger charge is -2.05. The molecule has 1 aromatic heterocycles. The molecule has 106 valence electrons. The Hall–Kier alpha value is -3.19. The Balaban J connectivity index is 2.10. The van der Waals surface area contributed by atoms with Crippen molar-refractivity contribution in [1.82, 2.24) is 9.78 Å². The summed E-state index contributed by atoms with van der Waals surface area (Å²) in [6.45, 7) is 0. The average molecular weight is 290 g/mol. The fourth-order valence-electron chi connectivity index (χ4n) is 2.04. The summed E-state index contributed by atoms with van der Waals surface area (Å²) in [5.41, 5.74) is 2.16. The molecule has 0 amide bonds. The second kappa shape index (κ2) is 6.06. The molecule has 0 saturated heterocycles. The van der Waals surface area contributed by atoms with Crippen molar-refractivity contribution < 1.29 is 9.18 Å². The van der Waals surface area contributed by atoms with E-state index in [0.29, 0.717) is 16.7 Å². The first-order valence-corrected chi connectivity index (χ1v) is 6.64. The second-order valence-electron chi connectivity index (χ2n) is 4.57. The third kappa shape index (κ3) is 2.79. The Bertz CT molecular complexity index is 874. The zero-order valence-corrected chi connectivity index (χ0v) is 11.5. The third-order valence-electron chi connectivity index (χ3n) is 3.11. The molecule has 1 heterocycles. The summed E-state index contributed by atoms with van der Waals surface area (Å²) in [4.78, 5) is 11.0. The Morgan fingerprint density at radius 2 is 1.86 bits per heavy atom. The number of carbonyl (C=O) groups is 1. The van der Waals surface area contributed by atoms with Crippen molar-refractivity contribution in [3.05, 3.63) is 83.4 Å². The summed E-state index contributed by atoms with van der Waals surface area (Å²) >= 11 is 0. The molecule has 0 aliphatic carbocycles. The Labute approximate surface area is 127 Å². The van der Waals surface area contributed by atoms with Crippen LogP contribution in [-0.2, 0) is 0 Å². The van der Waals surface area contributed by atoms with Gasteiger partial charge >= 0.3 is 0 Å². The molecule has 4 heteroatoms. The van der Waals surface area contributed by atoms with Gasteiger partial charge in [-0.25, -0.2) is 9.07 Å². The maximum Gasteiger partial charge on any atom is 0.150 e. The summed E-state index contributed by atoms with van der Waals surface area (Å²) in [6, 6.07) is 13.2. The molecule has 0 unspecified atom stereocenters. The van der Waals surface area contributed by atoms with Gasteiger partial charge in [-0.3, -0.25) is 4.79 Å². The first-order chi connectivity index (χ1) is 10.8. The van der Waals surface area contributed by atoms with Crippen LogP contribution >= 0.6 is 0 Å². The molecule has 0 aliphatic heterocycles. The lowest BCUT2D eigenvalue weighted by atomic mass is 10.1. The molecule has 0 N–H and O–H groups in total. The number of aromatic nitrogens is 2. The van der Waals surface area contributed by atoms with Crippen LogP contribution in [0.3, 0.4) is 0 Å². The van der Waals surface area contributed by atoms with Gasteiger partial charge in [0.05, 0.1) is 16.8 Å². The van der Waals surface area contributed by atoms with Crippen molar-refractivity contribution in [3.8, 4) is 17.5 Å². The van der Waals surface area contributed by atoms with Crippen LogP contribution in [0.25, 0.3) is 5.69 Å². The third-order valence-corrected chi connectivity index (χ3v) is 3.11. The summed E-state index contributed by atoms with van der Waals surface area (Å²) in [5, 5.41) is 4.16. The lowest BCUT2D eigenvalue weighted by Crippen LogP contribution is -1.99. The van der Waals surface area contributed by atoms with Gasteiger partial charge in [0.2, 0.25) is 0 Å². The standard InChI is InChI=1S/C18H11FN2O/c19-17-5-2-1-4-15(17)7-8-16-12-14(13-22)6-9-18(16)21-11-3-10-20-21/h1-6,9-13H. The second-order valence-corrected chi connectivity index (χ2v) is 4.57. The van der Waals surface area contributed by atoms with Gasteiger partial charge < -0.3 is 0 Å². The van der Waals surface area contributed by atoms with Gasteiger partial charge in [0.25, 0.3) is 0 Å². The van der Waals surface area contributed by atoms with E-state index in [1.54, 1.807) is 59.5 Å². The first-order valence-electron chi connectivity index (χ1n) is 6.64. The smallest absolute Gasteiger partial charge is 0.150 e. The maximum absolute atomic E-state index is 13.6. The van der Waals surface area contributed by atoms with Crippen LogP contribution in [0.15, 0.2) is 60.9 Å². The van der Waals surface area contributed by atoms with E-state index in [0.717, 1.165) is 12.0 Å². The van der Waals surface area contributed by atoms with Gasteiger partial charge in [-0.05, 0) is 36.4 Å². The van der Waals surface area contributed by atoms with Crippen molar-refractivity contribution >= 4 is 6.29 Å². The minimum absolute atomic E-state index is 0.311. The molecule has 0 aliphatic rings. The van der Waals surface area contributed by atoms with Crippen LogP contribution in [0, 0.1) is 17.7 Å². The van der Waals surface area contributed by atoms with Gasteiger partial charge in [0.15, 0.2) is 0 Å². The number of halogens is 1. The summed E-state index contributed by atoms with van der Waals surface area (Å²) in [7, 11) is 0. The van der Waals surface area contributed by atoms with E-state index in [1.165, 1.54) is 6.07 Å². The van der Waals surface area contributed by atoms with Crippen molar-refractivity contribution in [2.45, 2.75) is 0 Å². The highest BCUT2D eigenvalue weighted by molar-refractivity contribution is 5.77. The van der Waals surface area contributed by atoms with E-state index in [-0.39, 0.29) is 5.82 Å². The molecule has 0 bridgehead atoms. The highest BCUT2D eigenvalue weighted by Gasteiger charge is 2.05. The highest BCUT2D eigenvalue weighted by Crippen LogP contribution is 2.15. The number of aldehydes is 1. The molecule has 22 heavy (non-hydrogen) atoms. The van der Waals surface area contributed by atoms with Crippen molar-refractivity contribution in [2.24, 2.45) is 0 Å². The molecule has 3 aromatic rings. The quantitative estimate of drug-likeness (QED) is 0.536. The minimum atomic E-state index is -0.373. The van der Waals surface area contributed by atoms with Gasteiger partial charge in [0, 0.05) is 18.0 Å². The fraction of sp³-hybridized carbons (Fsp3) is 0. The molecular weight excluding hydrogens is 279 g/mol. The fourth-order valence-corrected chi connectivity index (χ4v) is 2.04. The number of hydrogen-bond donors (Lipinski definition) is 0. The topological polar surface area (TPSA) is 34.9 Å². The van der Waals surface area contributed by atoms with Gasteiger partial charge in [-0.2, -0.15) is 5.10 Å². The maximum atomic E-state index is 13.6. The van der Waals surface area contributed by atoms with E-state index in [2.05, 4.69) is 16.9 Å². The monoisotopic (exact) mass is 290 g/mol. The average Bonchev–Trinajstić information content (AvgIpc) is 3.08. The van der Waals surface area contributed by atoms with Crippen LogP contribution in [0.4, 0.5) is 4.39 Å². The van der Waals surface area contributed by atoms with Crippen LogP contribution in [0.1, 0.15) is 21.5 Å². The lowest BCUT2D eigenvalue weighted by molar-refractivity contribution is 0.112. The highest BCUT2D eigenvalue weighted by atomic mass is 19.1. The van der Waals surface area contributed by atoms with Crippen molar-refractivity contribution in [3.63, 3.8) is 0 Å². The first kappa shape index (κ1) is 13.8. The molecule has 0 radical (unpaired) electrons. The zero-order valence-electron chi connectivity index (χ0n) is 11.5. The zero-order chi connectivity index (χ0) is 15.4. The van der Waals surface area contributed by atoms with Gasteiger partial charge in [-0.15, -0.1) is 0 Å². The van der Waals surface area contributed by atoms with E-state index < -0.39 is 0 Å². The van der Waals surface area contributed by atoms with Crippen LogP contribution in [-0.4, -0.2) is 16.1 Å². The predicted octanol–water partition coefficient (Wildman–Crippen LogP) is 3.22. The number of nitrogens with zero attached hydrogens (tertiary/aromatic N) is 2.